The van der Waals surface area contributed by atoms with Crippen LogP contribution < -0.4 is 0 Å². The highest BCUT2D eigenvalue weighted by atomic mass is 16.6. The fourth-order valence-corrected chi connectivity index (χ4v) is 8.20. The summed E-state index contributed by atoms with van der Waals surface area (Å²) in [6.07, 6.45) is 16.1. The van der Waals surface area contributed by atoms with Crippen LogP contribution in [-0.4, -0.2) is 23.6 Å². The third kappa shape index (κ3) is 4.52. The molecular formula is C32H48O4. The summed E-state index contributed by atoms with van der Waals surface area (Å²) in [6, 6.07) is 0. The van der Waals surface area contributed by atoms with Crippen molar-refractivity contribution in [2.24, 2.45) is 40.4 Å². The number of hydrogen-bond donors (Lipinski definition) is 0. The fraction of sp³-hybridized carbons (Fsp3) is 0.750. The van der Waals surface area contributed by atoms with Gasteiger partial charge in [-0.2, -0.15) is 0 Å². The van der Waals surface area contributed by atoms with Gasteiger partial charge in [0.15, 0.2) is 0 Å². The molecule has 2 fully saturated rings. The lowest BCUT2D eigenvalue weighted by molar-refractivity contribution is -0.190. The third-order valence-electron chi connectivity index (χ3n) is 10.7. The number of allylic oxidation sites excluding steroid dienone is 4. The minimum absolute atomic E-state index is 0.198. The van der Waals surface area contributed by atoms with E-state index in [1.165, 1.54) is 37.8 Å². The van der Waals surface area contributed by atoms with Gasteiger partial charge in [0, 0.05) is 32.1 Å². The summed E-state index contributed by atoms with van der Waals surface area (Å²) < 4.78 is 11.8. The molecule has 4 aliphatic carbocycles. The highest BCUT2D eigenvalue weighted by molar-refractivity contribution is 5.68. The van der Waals surface area contributed by atoms with Crippen molar-refractivity contribution < 1.29 is 19.1 Å². The molecule has 2 saturated carbocycles. The van der Waals surface area contributed by atoms with Crippen LogP contribution in [0.25, 0.3) is 0 Å². The maximum Gasteiger partial charge on any atom is 0.303 e. The summed E-state index contributed by atoms with van der Waals surface area (Å²) in [6.45, 7) is 17.1. The molecule has 0 bridgehead atoms. The van der Waals surface area contributed by atoms with Crippen LogP contribution in [0.2, 0.25) is 0 Å². The van der Waals surface area contributed by atoms with Crippen molar-refractivity contribution in [1.82, 2.24) is 0 Å². The first kappa shape index (κ1) is 27.2. The number of ether oxygens (including phenoxy) is 2. The predicted molar refractivity (Wildman–Crippen MR) is 144 cm³/mol. The molecule has 0 aromatic heterocycles. The molecule has 0 aliphatic heterocycles. The molecule has 4 nitrogen and oxygen atoms in total. The second kappa shape index (κ2) is 9.80. The van der Waals surface area contributed by atoms with Gasteiger partial charge in [0.2, 0.25) is 0 Å². The molecule has 200 valence electrons. The van der Waals surface area contributed by atoms with Gasteiger partial charge in [-0.3, -0.25) is 9.59 Å². The second-order valence-corrected chi connectivity index (χ2v) is 13.2. The smallest absolute Gasteiger partial charge is 0.303 e. The lowest BCUT2D eigenvalue weighted by Gasteiger charge is -2.58. The molecule has 0 saturated heterocycles. The van der Waals surface area contributed by atoms with Crippen LogP contribution in [0.15, 0.2) is 35.5 Å². The van der Waals surface area contributed by atoms with Crippen molar-refractivity contribution in [2.75, 3.05) is 0 Å². The Hall–Kier alpha value is -1.84. The van der Waals surface area contributed by atoms with Crippen LogP contribution in [0, 0.1) is 40.4 Å². The van der Waals surface area contributed by atoms with Gasteiger partial charge in [-0.05, 0) is 78.3 Å². The van der Waals surface area contributed by atoms with E-state index >= 15 is 0 Å². The molecular weight excluding hydrogens is 448 g/mol. The first-order chi connectivity index (χ1) is 16.8. The Balaban J connectivity index is 1.64. The highest BCUT2D eigenvalue weighted by Crippen LogP contribution is 2.66. The lowest BCUT2D eigenvalue weighted by atomic mass is 9.50. The Morgan fingerprint density at radius 1 is 0.972 bits per heavy atom. The van der Waals surface area contributed by atoms with Gasteiger partial charge in [-0.1, -0.05) is 65.8 Å². The number of carbonyl (C=O) groups is 2. The number of rotatable bonds is 6. The molecule has 4 heteroatoms. The zero-order valence-corrected chi connectivity index (χ0v) is 23.9. The van der Waals surface area contributed by atoms with Crippen LogP contribution in [0.1, 0.15) is 100 Å². The van der Waals surface area contributed by atoms with E-state index in [4.69, 9.17) is 9.47 Å². The Morgan fingerprint density at radius 2 is 1.69 bits per heavy atom. The molecule has 0 heterocycles. The van der Waals surface area contributed by atoms with Gasteiger partial charge in [0.05, 0.1) is 0 Å². The Bertz CT molecular complexity index is 973. The lowest BCUT2D eigenvalue weighted by Crippen LogP contribution is -2.58. The normalized spacial score (nSPS) is 39.4. The zero-order chi connectivity index (χ0) is 26.5. The van der Waals surface area contributed by atoms with E-state index in [2.05, 4.69) is 65.8 Å². The average Bonchev–Trinajstić information content (AvgIpc) is 3.14. The maximum absolute atomic E-state index is 12.3. The number of carbonyl (C=O) groups excluding carboxylic acids is 2. The number of esters is 2. The van der Waals surface area contributed by atoms with E-state index in [0.29, 0.717) is 42.4 Å². The van der Waals surface area contributed by atoms with Crippen LogP contribution in [0.3, 0.4) is 0 Å². The van der Waals surface area contributed by atoms with Crippen molar-refractivity contribution in [3.8, 4) is 0 Å². The molecule has 36 heavy (non-hydrogen) atoms. The van der Waals surface area contributed by atoms with Crippen molar-refractivity contribution in [3.05, 3.63) is 35.5 Å². The first-order valence-corrected chi connectivity index (χ1v) is 14.3. The Morgan fingerprint density at radius 3 is 2.33 bits per heavy atom. The van der Waals surface area contributed by atoms with E-state index in [0.717, 1.165) is 19.3 Å². The second-order valence-electron chi connectivity index (χ2n) is 13.2. The Kier molecular flexibility index (Phi) is 7.40. The zero-order valence-electron chi connectivity index (χ0n) is 23.9. The molecule has 8 atom stereocenters. The van der Waals surface area contributed by atoms with E-state index in [-0.39, 0.29) is 28.9 Å². The summed E-state index contributed by atoms with van der Waals surface area (Å²) in [5.41, 5.74) is 2.26. The highest BCUT2D eigenvalue weighted by Gasteiger charge is 2.62. The molecule has 0 radical (unpaired) electrons. The van der Waals surface area contributed by atoms with Crippen LogP contribution >= 0.6 is 0 Å². The summed E-state index contributed by atoms with van der Waals surface area (Å²) in [7, 11) is 0. The van der Waals surface area contributed by atoms with E-state index in [1.807, 2.05) is 0 Å². The van der Waals surface area contributed by atoms with Crippen molar-refractivity contribution in [2.45, 2.75) is 112 Å². The van der Waals surface area contributed by atoms with Crippen molar-refractivity contribution in [3.63, 3.8) is 0 Å². The first-order valence-electron chi connectivity index (χ1n) is 14.3. The Labute approximate surface area is 219 Å². The predicted octanol–water partition coefficient (Wildman–Crippen LogP) is 7.59. The molecule has 0 aromatic rings. The van der Waals surface area contributed by atoms with Crippen LogP contribution in [-0.2, 0) is 19.1 Å². The monoisotopic (exact) mass is 496 g/mol. The largest absolute Gasteiger partial charge is 0.462 e. The summed E-state index contributed by atoms with van der Waals surface area (Å²) in [5, 5.41) is 0. The summed E-state index contributed by atoms with van der Waals surface area (Å²) in [5.74, 6) is 2.55. The topological polar surface area (TPSA) is 52.6 Å². The molecule has 4 aliphatic rings. The van der Waals surface area contributed by atoms with E-state index in [9.17, 15) is 9.59 Å². The minimum atomic E-state index is -0.651. The van der Waals surface area contributed by atoms with Gasteiger partial charge in [0.25, 0.3) is 0 Å². The number of fused-ring (bicyclic) bond motifs is 5. The number of hydrogen-bond acceptors (Lipinski definition) is 4. The quantitative estimate of drug-likeness (QED) is 0.281. The fourth-order valence-electron chi connectivity index (χ4n) is 8.20. The van der Waals surface area contributed by atoms with Crippen LogP contribution in [0.4, 0.5) is 0 Å². The molecule has 0 aromatic carbocycles. The van der Waals surface area contributed by atoms with Crippen molar-refractivity contribution >= 4 is 11.9 Å². The van der Waals surface area contributed by atoms with E-state index in [1.54, 1.807) is 0 Å². The van der Waals surface area contributed by atoms with Gasteiger partial charge < -0.3 is 9.47 Å². The molecule has 0 spiro atoms. The van der Waals surface area contributed by atoms with Gasteiger partial charge >= 0.3 is 11.9 Å². The minimum Gasteiger partial charge on any atom is -0.462 e. The van der Waals surface area contributed by atoms with E-state index < -0.39 is 5.60 Å². The summed E-state index contributed by atoms with van der Waals surface area (Å²) in [4.78, 5) is 24.0. The third-order valence-corrected chi connectivity index (χ3v) is 10.7. The molecule has 5 unspecified atom stereocenters. The molecule has 0 amide bonds. The van der Waals surface area contributed by atoms with Crippen LogP contribution in [0.5, 0.6) is 0 Å². The van der Waals surface area contributed by atoms with Gasteiger partial charge in [-0.15, -0.1) is 0 Å². The molecule has 0 N–H and O–H groups in total. The maximum atomic E-state index is 12.3. The average molecular weight is 497 g/mol. The SMILES string of the molecule is CC(=O)OC1CCC2(C)C3=CCC4(C)C(CCC4[C@H](C)/C=C/[C@H](C)C(C)C)C3=CC[C@@]2(OC(C)=O)C1. The van der Waals surface area contributed by atoms with Gasteiger partial charge in [-0.25, -0.2) is 0 Å². The summed E-state index contributed by atoms with van der Waals surface area (Å²) >= 11 is 0. The molecule has 4 rings (SSSR count). The standard InChI is InChI=1S/C32H48O4/c1-20(2)21(3)9-10-22(4)27-11-12-28-26-14-18-32(36-24(6)34)19-25(35-23(5)33)13-17-31(32,8)29(26)15-16-30(27,28)7/h9-10,14-15,20-22,25,27-28H,11-13,16-19H2,1-8H3/b10-9+/t21-,22+,25?,27?,28?,30?,31?,32+/m0/s1. The van der Waals surface area contributed by atoms with Crippen molar-refractivity contribution in [1.29, 1.82) is 0 Å². The van der Waals surface area contributed by atoms with Gasteiger partial charge in [0.1, 0.15) is 11.7 Å².